The second-order valence-corrected chi connectivity index (χ2v) is 8.59. The van der Waals surface area contributed by atoms with Gasteiger partial charge in [-0.3, -0.25) is 9.59 Å². The van der Waals surface area contributed by atoms with Gasteiger partial charge in [0.1, 0.15) is 0 Å². The molecule has 2 atom stereocenters. The Morgan fingerprint density at radius 1 is 0.778 bits per heavy atom. The van der Waals surface area contributed by atoms with Crippen molar-refractivity contribution in [2.45, 2.75) is 124 Å². The highest BCUT2D eigenvalue weighted by Gasteiger charge is 2.34. The quantitative estimate of drug-likeness (QED) is 0.234. The number of carbonyl (C=O) groups is 2. The third kappa shape index (κ3) is 13.7. The predicted octanol–water partition coefficient (Wildman–Crippen LogP) is 7.06. The topological polar surface area (TPSA) is 74.6 Å². The summed E-state index contributed by atoms with van der Waals surface area (Å²) in [5, 5.41) is 18.5. The Morgan fingerprint density at radius 3 is 1.93 bits per heavy atom. The molecule has 4 heteroatoms. The highest BCUT2D eigenvalue weighted by atomic mass is 16.4. The second kappa shape index (κ2) is 15.9. The number of unbranched alkanes of at least 4 members (excludes halogenated alkanes) is 8. The van der Waals surface area contributed by atoms with E-state index in [0.29, 0.717) is 5.92 Å². The van der Waals surface area contributed by atoms with E-state index in [1.54, 1.807) is 0 Å². The van der Waals surface area contributed by atoms with Crippen molar-refractivity contribution in [3.8, 4) is 0 Å². The first-order chi connectivity index (χ1) is 12.9. The van der Waals surface area contributed by atoms with Crippen molar-refractivity contribution in [1.82, 2.24) is 0 Å². The molecule has 27 heavy (non-hydrogen) atoms. The van der Waals surface area contributed by atoms with E-state index in [1.807, 2.05) is 6.92 Å². The lowest BCUT2D eigenvalue weighted by Gasteiger charge is -2.30. The van der Waals surface area contributed by atoms with Gasteiger partial charge >= 0.3 is 11.9 Å². The van der Waals surface area contributed by atoms with E-state index in [2.05, 4.69) is 13.8 Å². The van der Waals surface area contributed by atoms with Gasteiger partial charge in [0, 0.05) is 6.42 Å². The van der Waals surface area contributed by atoms with Gasteiger partial charge in [-0.05, 0) is 32.1 Å². The molecule has 4 nitrogen and oxygen atoms in total. The first kappa shape index (κ1) is 25.9. The van der Waals surface area contributed by atoms with Crippen molar-refractivity contribution in [2.75, 3.05) is 0 Å². The maximum Gasteiger partial charge on any atom is 0.309 e. The van der Waals surface area contributed by atoms with E-state index < -0.39 is 17.4 Å². The van der Waals surface area contributed by atoms with E-state index in [9.17, 15) is 14.7 Å². The van der Waals surface area contributed by atoms with E-state index in [4.69, 9.17) is 5.11 Å². The van der Waals surface area contributed by atoms with Gasteiger partial charge in [-0.2, -0.15) is 0 Å². The Hall–Kier alpha value is -1.06. The average Bonchev–Trinajstić information content (AvgIpc) is 2.61. The van der Waals surface area contributed by atoms with Crippen molar-refractivity contribution in [1.29, 1.82) is 0 Å². The lowest BCUT2D eigenvalue weighted by molar-refractivity contribution is -0.149. The number of carboxylic acids is 2. The van der Waals surface area contributed by atoms with Gasteiger partial charge in [0.15, 0.2) is 0 Å². The smallest absolute Gasteiger partial charge is 0.309 e. The zero-order chi connectivity index (χ0) is 20.5. The largest absolute Gasteiger partial charge is 0.481 e. The van der Waals surface area contributed by atoms with Crippen molar-refractivity contribution in [2.24, 2.45) is 11.3 Å². The fraction of sp³-hybridized carbons (Fsp3) is 0.913. The molecule has 0 saturated heterocycles. The number of rotatable bonds is 19. The molecule has 0 radical (unpaired) electrons. The van der Waals surface area contributed by atoms with Crippen LogP contribution in [0.15, 0.2) is 0 Å². The molecule has 0 aliphatic rings. The van der Waals surface area contributed by atoms with Crippen LogP contribution >= 0.6 is 0 Å². The first-order valence-electron chi connectivity index (χ1n) is 11.3. The summed E-state index contributed by atoms with van der Waals surface area (Å²) in [5.41, 5.74) is -0.621. The molecule has 0 spiro atoms. The Kier molecular flexibility index (Phi) is 15.3. The van der Waals surface area contributed by atoms with Crippen LogP contribution in [-0.4, -0.2) is 22.2 Å². The van der Waals surface area contributed by atoms with Crippen LogP contribution in [0.1, 0.15) is 124 Å². The van der Waals surface area contributed by atoms with E-state index in [0.717, 1.165) is 57.8 Å². The molecule has 0 bridgehead atoms. The van der Waals surface area contributed by atoms with E-state index in [-0.39, 0.29) is 6.42 Å². The monoisotopic (exact) mass is 384 g/mol. The molecule has 2 N–H and O–H groups in total. The normalized spacial score (nSPS) is 14.6. The van der Waals surface area contributed by atoms with Gasteiger partial charge in [0.25, 0.3) is 0 Å². The van der Waals surface area contributed by atoms with Gasteiger partial charge in [-0.25, -0.2) is 0 Å². The van der Waals surface area contributed by atoms with Crippen LogP contribution in [0, 0.1) is 11.3 Å². The number of carboxylic acid groups (broad SMARTS) is 2. The summed E-state index contributed by atoms with van der Waals surface area (Å²) in [4.78, 5) is 22.5. The molecule has 0 rings (SSSR count). The summed E-state index contributed by atoms with van der Waals surface area (Å²) in [5.74, 6) is -0.854. The van der Waals surface area contributed by atoms with Crippen molar-refractivity contribution < 1.29 is 19.8 Å². The first-order valence-corrected chi connectivity index (χ1v) is 11.3. The van der Waals surface area contributed by atoms with Gasteiger partial charge in [0.05, 0.1) is 5.41 Å². The maximum absolute atomic E-state index is 12.0. The zero-order valence-corrected chi connectivity index (χ0v) is 18.1. The molecule has 160 valence electrons. The highest BCUT2D eigenvalue weighted by molar-refractivity contribution is 5.74. The fourth-order valence-electron chi connectivity index (χ4n) is 3.96. The molecule has 0 aliphatic carbocycles. The predicted molar refractivity (Wildman–Crippen MR) is 112 cm³/mol. The maximum atomic E-state index is 12.0. The van der Waals surface area contributed by atoms with Crippen LogP contribution in [0.4, 0.5) is 0 Å². The van der Waals surface area contributed by atoms with Crippen molar-refractivity contribution in [3.63, 3.8) is 0 Å². The summed E-state index contributed by atoms with van der Waals surface area (Å²) in [7, 11) is 0. The Labute approximate surface area is 167 Å². The van der Waals surface area contributed by atoms with Crippen molar-refractivity contribution in [3.05, 3.63) is 0 Å². The van der Waals surface area contributed by atoms with E-state index >= 15 is 0 Å². The number of aliphatic carboxylic acids is 2. The van der Waals surface area contributed by atoms with Gasteiger partial charge < -0.3 is 10.2 Å². The minimum absolute atomic E-state index is 0.240. The number of hydrogen-bond donors (Lipinski definition) is 2. The SMILES string of the molecule is CCCCCCC(CCCC)CC(C)(CCCCCCCC(=O)O)C(=O)O. The summed E-state index contributed by atoms with van der Waals surface area (Å²) >= 11 is 0. The van der Waals surface area contributed by atoms with Crippen LogP contribution in [0.25, 0.3) is 0 Å². The second-order valence-electron chi connectivity index (χ2n) is 8.59. The van der Waals surface area contributed by atoms with Crippen LogP contribution in [-0.2, 0) is 9.59 Å². The molecule has 0 aromatic rings. The van der Waals surface area contributed by atoms with Gasteiger partial charge in [-0.15, -0.1) is 0 Å². The molecule has 0 aliphatic heterocycles. The molecule has 0 heterocycles. The molecule has 0 saturated carbocycles. The minimum atomic E-state index is -0.731. The molecular formula is C23H44O4. The van der Waals surface area contributed by atoms with Gasteiger partial charge in [-0.1, -0.05) is 90.9 Å². The summed E-state index contributed by atoms with van der Waals surface area (Å²) in [6.07, 6.45) is 16.0. The van der Waals surface area contributed by atoms with E-state index in [1.165, 1.54) is 38.5 Å². The highest BCUT2D eigenvalue weighted by Crippen LogP contribution is 2.36. The van der Waals surface area contributed by atoms with Crippen LogP contribution in [0.3, 0.4) is 0 Å². The van der Waals surface area contributed by atoms with Crippen LogP contribution < -0.4 is 0 Å². The minimum Gasteiger partial charge on any atom is -0.481 e. The third-order valence-corrected chi connectivity index (χ3v) is 5.81. The lowest BCUT2D eigenvalue weighted by atomic mass is 9.74. The van der Waals surface area contributed by atoms with Crippen molar-refractivity contribution >= 4 is 11.9 Å². The Bertz CT molecular complexity index is 394. The molecular weight excluding hydrogens is 340 g/mol. The summed E-state index contributed by atoms with van der Waals surface area (Å²) < 4.78 is 0. The fourth-order valence-corrected chi connectivity index (χ4v) is 3.96. The average molecular weight is 385 g/mol. The Morgan fingerprint density at radius 2 is 1.33 bits per heavy atom. The molecule has 2 unspecified atom stereocenters. The van der Waals surface area contributed by atoms with Crippen LogP contribution in [0.2, 0.25) is 0 Å². The summed E-state index contributed by atoms with van der Waals surface area (Å²) in [6, 6.07) is 0. The van der Waals surface area contributed by atoms with Crippen LogP contribution in [0.5, 0.6) is 0 Å². The Balaban J connectivity index is 4.40. The molecule has 0 aromatic carbocycles. The number of hydrogen-bond acceptors (Lipinski definition) is 2. The lowest BCUT2D eigenvalue weighted by Crippen LogP contribution is -2.30. The summed E-state index contributed by atoms with van der Waals surface area (Å²) in [6.45, 7) is 6.36. The standard InChI is InChI=1S/C23H44O4/c1-4-6-8-12-16-20(15-7-5-2)19-23(3,22(26)27)18-14-11-9-10-13-17-21(24)25/h20H,4-19H2,1-3H3,(H,24,25)(H,26,27). The zero-order valence-electron chi connectivity index (χ0n) is 18.1. The van der Waals surface area contributed by atoms with Gasteiger partial charge in [0.2, 0.25) is 0 Å². The molecule has 0 aromatic heterocycles. The molecule has 0 amide bonds. The molecule has 0 fully saturated rings. The third-order valence-electron chi connectivity index (χ3n) is 5.81.